The van der Waals surface area contributed by atoms with E-state index in [0.29, 0.717) is 11.5 Å². The molecule has 18 heavy (non-hydrogen) atoms. The van der Waals surface area contributed by atoms with Gasteiger partial charge in [0.2, 0.25) is 0 Å². The highest BCUT2D eigenvalue weighted by Crippen LogP contribution is 2.33. The van der Waals surface area contributed by atoms with Crippen LogP contribution in [0.1, 0.15) is 18.5 Å². The van der Waals surface area contributed by atoms with Crippen LogP contribution in [0.5, 0.6) is 5.75 Å². The van der Waals surface area contributed by atoms with Gasteiger partial charge in [-0.1, -0.05) is 30.3 Å². The molecule has 2 N–H and O–H groups in total. The minimum Gasteiger partial charge on any atom is -0.507 e. The molecule has 0 amide bonds. The minimum atomic E-state index is -0.211. The Bertz CT molecular complexity index is 612. The van der Waals surface area contributed by atoms with Crippen LogP contribution in [0, 0.1) is 5.92 Å². The Kier molecular flexibility index (Phi) is 2.67. The summed E-state index contributed by atoms with van der Waals surface area (Å²) in [7, 11) is 0. The van der Waals surface area contributed by atoms with Crippen LogP contribution in [0.15, 0.2) is 41.2 Å². The molecule has 2 aromatic rings. The van der Waals surface area contributed by atoms with Gasteiger partial charge in [-0.25, -0.2) is 0 Å². The molecule has 1 aliphatic carbocycles. The number of aromatic hydroxyl groups is 1. The number of rotatable bonds is 3. The van der Waals surface area contributed by atoms with E-state index in [1.165, 1.54) is 12.8 Å². The fraction of sp³-hybridized carbons (Fsp3) is 0.267. The average Bonchev–Trinajstić information content (AvgIpc) is 3.13. The lowest BCUT2D eigenvalue weighted by atomic mass is 10.1. The maximum atomic E-state index is 12.0. The van der Waals surface area contributed by atoms with Crippen molar-refractivity contribution in [2.75, 3.05) is 0 Å². The van der Waals surface area contributed by atoms with E-state index >= 15 is 0 Å². The van der Waals surface area contributed by atoms with Gasteiger partial charge < -0.3 is 10.1 Å². The van der Waals surface area contributed by atoms with Crippen molar-refractivity contribution in [3.05, 3.63) is 52.4 Å². The molecule has 0 aliphatic heterocycles. The zero-order chi connectivity index (χ0) is 12.5. The Labute approximate surface area is 105 Å². The average molecular weight is 241 g/mol. The molecular formula is C15H15NO2. The number of aromatic nitrogens is 1. The van der Waals surface area contributed by atoms with E-state index < -0.39 is 0 Å². The summed E-state index contributed by atoms with van der Waals surface area (Å²) in [5.41, 5.74) is 1.72. The second-order valence-electron chi connectivity index (χ2n) is 4.90. The van der Waals surface area contributed by atoms with Gasteiger partial charge in [0.05, 0.1) is 5.56 Å². The fourth-order valence-corrected chi connectivity index (χ4v) is 2.22. The van der Waals surface area contributed by atoms with Gasteiger partial charge >= 0.3 is 0 Å². The monoisotopic (exact) mass is 241 g/mol. The predicted molar refractivity (Wildman–Crippen MR) is 70.6 cm³/mol. The number of hydrogen-bond acceptors (Lipinski definition) is 2. The molecule has 3 nitrogen and oxygen atoms in total. The first-order valence-electron chi connectivity index (χ1n) is 6.24. The Morgan fingerprint density at radius 2 is 1.94 bits per heavy atom. The summed E-state index contributed by atoms with van der Waals surface area (Å²) in [5.74, 6) is 0.753. The van der Waals surface area contributed by atoms with E-state index in [0.717, 1.165) is 17.7 Å². The first-order valence-corrected chi connectivity index (χ1v) is 6.24. The summed E-state index contributed by atoms with van der Waals surface area (Å²) in [4.78, 5) is 14.9. The molecule has 1 aliphatic rings. The Balaban J connectivity index is 2.03. The zero-order valence-electron chi connectivity index (χ0n) is 10.0. The lowest BCUT2D eigenvalue weighted by molar-refractivity contribution is 0.474. The lowest BCUT2D eigenvalue weighted by Crippen LogP contribution is -2.12. The second kappa shape index (κ2) is 4.33. The summed E-state index contributed by atoms with van der Waals surface area (Å²) < 4.78 is 0. The van der Waals surface area contributed by atoms with Crippen LogP contribution in [-0.4, -0.2) is 10.1 Å². The van der Waals surface area contributed by atoms with E-state index in [9.17, 15) is 9.90 Å². The van der Waals surface area contributed by atoms with Crippen molar-refractivity contribution in [1.82, 2.24) is 4.98 Å². The first kappa shape index (κ1) is 11.1. The number of benzene rings is 1. The molecule has 1 heterocycles. The topological polar surface area (TPSA) is 53.1 Å². The maximum absolute atomic E-state index is 12.0. The van der Waals surface area contributed by atoms with Gasteiger partial charge in [-0.15, -0.1) is 0 Å². The Morgan fingerprint density at radius 1 is 1.22 bits per heavy atom. The third-order valence-electron chi connectivity index (χ3n) is 3.34. The SMILES string of the molecule is O=c1[nH]c(CC2CC2)cc(O)c1-c1ccccc1. The molecule has 0 unspecified atom stereocenters. The summed E-state index contributed by atoms with van der Waals surface area (Å²) >= 11 is 0. The van der Waals surface area contributed by atoms with Crippen LogP contribution in [0.2, 0.25) is 0 Å². The van der Waals surface area contributed by atoms with E-state index in [4.69, 9.17) is 0 Å². The summed E-state index contributed by atoms with van der Waals surface area (Å²) in [6, 6.07) is 10.9. The molecule has 0 atom stereocenters. The smallest absolute Gasteiger partial charge is 0.259 e. The number of H-pyrrole nitrogens is 1. The van der Waals surface area contributed by atoms with E-state index in [2.05, 4.69) is 4.98 Å². The van der Waals surface area contributed by atoms with Crippen LogP contribution in [-0.2, 0) is 6.42 Å². The van der Waals surface area contributed by atoms with Crippen LogP contribution in [0.25, 0.3) is 11.1 Å². The van der Waals surface area contributed by atoms with Crippen molar-refractivity contribution in [3.63, 3.8) is 0 Å². The van der Waals surface area contributed by atoms with Crippen molar-refractivity contribution < 1.29 is 5.11 Å². The summed E-state index contributed by atoms with van der Waals surface area (Å²) in [6.45, 7) is 0. The normalized spacial score (nSPS) is 14.7. The predicted octanol–water partition coefficient (Wildman–Crippen LogP) is 2.70. The third kappa shape index (κ3) is 2.16. The summed E-state index contributed by atoms with van der Waals surface area (Å²) in [5, 5.41) is 10.0. The van der Waals surface area contributed by atoms with E-state index in [1.807, 2.05) is 30.3 Å². The van der Waals surface area contributed by atoms with Gasteiger partial charge in [0.1, 0.15) is 5.75 Å². The number of hydrogen-bond donors (Lipinski definition) is 2. The quantitative estimate of drug-likeness (QED) is 0.868. The minimum absolute atomic E-state index is 0.0700. The highest BCUT2D eigenvalue weighted by molar-refractivity contribution is 5.68. The molecular weight excluding hydrogens is 226 g/mol. The highest BCUT2D eigenvalue weighted by Gasteiger charge is 2.22. The number of pyridine rings is 1. The van der Waals surface area contributed by atoms with Crippen molar-refractivity contribution in [1.29, 1.82) is 0 Å². The maximum Gasteiger partial charge on any atom is 0.259 e. The van der Waals surface area contributed by atoms with Crippen molar-refractivity contribution >= 4 is 0 Å². The Hall–Kier alpha value is -2.03. The van der Waals surface area contributed by atoms with Crippen LogP contribution < -0.4 is 5.56 Å². The van der Waals surface area contributed by atoms with Crippen LogP contribution in [0.4, 0.5) is 0 Å². The van der Waals surface area contributed by atoms with Gasteiger partial charge in [0.25, 0.3) is 5.56 Å². The van der Waals surface area contributed by atoms with Gasteiger partial charge in [-0.3, -0.25) is 4.79 Å². The molecule has 0 bridgehead atoms. The standard InChI is InChI=1S/C15H15NO2/c17-13-9-12(8-10-6-7-10)16-15(18)14(13)11-4-2-1-3-5-11/h1-5,9-10H,6-8H2,(H2,16,17,18). The molecule has 0 spiro atoms. The van der Waals surface area contributed by atoms with Crippen molar-refractivity contribution in [2.24, 2.45) is 5.92 Å². The lowest BCUT2D eigenvalue weighted by Gasteiger charge is -2.06. The fourth-order valence-electron chi connectivity index (χ4n) is 2.22. The molecule has 1 fully saturated rings. The van der Waals surface area contributed by atoms with Gasteiger partial charge in [0, 0.05) is 11.8 Å². The molecule has 0 saturated heterocycles. The molecule has 0 radical (unpaired) electrons. The molecule has 92 valence electrons. The number of nitrogens with one attached hydrogen (secondary N) is 1. The molecule has 1 aromatic heterocycles. The molecule has 1 aromatic carbocycles. The highest BCUT2D eigenvalue weighted by atomic mass is 16.3. The van der Waals surface area contributed by atoms with Crippen molar-refractivity contribution in [3.8, 4) is 16.9 Å². The second-order valence-corrected chi connectivity index (χ2v) is 4.90. The van der Waals surface area contributed by atoms with Crippen LogP contribution >= 0.6 is 0 Å². The van der Waals surface area contributed by atoms with E-state index in [-0.39, 0.29) is 11.3 Å². The third-order valence-corrected chi connectivity index (χ3v) is 3.34. The van der Waals surface area contributed by atoms with Crippen LogP contribution in [0.3, 0.4) is 0 Å². The Morgan fingerprint density at radius 3 is 2.56 bits per heavy atom. The van der Waals surface area contributed by atoms with Gasteiger partial charge in [-0.05, 0) is 30.7 Å². The molecule has 3 heteroatoms. The molecule has 3 rings (SSSR count). The molecule has 1 saturated carbocycles. The number of aromatic amines is 1. The largest absolute Gasteiger partial charge is 0.507 e. The zero-order valence-corrected chi connectivity index (χ0v) is 10.0. The van der Waals surface area contributed by atoms with Gasteiger partial charge in [0.15, 0.2) is 0 Å². The summed E-state index contributed by atoms with van der Waals surface area (Å²) in [6.07, 6.45) is 3.31. The van der Waals surface area contributed by atoms with Gasteiger partial charge in [-0.2, -0.15) is 0 Å². The first-order chi connectivity index (χ1) is 8.74. The van der Waals surface area contributed by atoms with E-state index in [1.54, 1.807) is 6.07 Å². The van der Waals surface area contributed by atoms with Crippen molar-refractivity contribution in [2.45, 2.75) is 19.3 Å².